The summed E-state index contributed by atoms with van der Waals surface area (Å²) in [5, 5.41) is 16.2. The molecule has 0 spiro atoms. The molecule has 2 aromatic rings. The lowest BCUT2D eigenvalue weighted by Gasteiger charge is -2.38. The second-order valence-corrected chi connectivity index (χ2v) is 10.7. The van der Waals surface area contributed by atoms with Gasteiger partial charge in [-0.05, 0) is 25.0 Å². The minimum absolute atomic E-state index is 0.195. The highest BCUT2D eigenvalue weighted by Crippen LogP contribution is 2.50. The number of aromatic nitrogens is 2. The van der Waals surface area contributed by atoms with Gasteiger partial charge >= 0.3 is 5.97 Å². The summed E-state index contributed by atoms with van der Waals surface area (Å²) in [6, 6.07) is 3.46. The average molecular weight is 475 g/mol. The van der Waals surface area contributed by atoms with E-state index in [2.05, 4.69) is 24.1 Å². The number of nitrogens with one attached hydrogen (secondary N) is 2. The van der Waals surface area contributed by atoms with Crippen LogP contribution in [-0.2, 0) is 14.1 Å². The summed E-state index contributed by atoms with van der Waals surface area (Å²) in [6.45, 7) is 5.73. The topological polar surface area (TPSA) is 129 Å². The van der Waals surface area contributed by atoms with Gasteiger partial charge in [0.15, 0.2) is 0 Å². The molecule has 30 heavy (non-hydrogen) atoms. The van der Waals surface area contributed by atoms with Gasteiger partial charge in [0.1, 0.15) is 22.9 Å². The van der Waals surface area contributed by atoms with Crippen molar-refractivity contribution in [1.82, 2.24) is 18.5 Å². The van der Waals surface area contributed by atoms with Crippen molar-refractivity contribution in [3.05, 3.63) is 17.2 Å². The van der Waals surface area contributed by atoms with Crippen LogP contribution in [0.25, 0.3) is 11.0 Å². The van der Waals surface area contributed by atoms with Gasteiger partial charge in [0.2, 0.25) is 5.96 Å². The van der Waals surface area contributed by atoms with Gasteiger partial charge in [-0.3, -0.25) is 19.0 Å². The van der Waals surface area contributed by atoms with E-state index >= 15 is 0 Å². The third-order valence-corrected chi connectivity index (χ3v) is 8.58. The standard InChI is InChI=1S/C17H24ClN6O4PS/c1-10(2)17(3,15(25)26)23-29(27,9-28-4)24-8-7-19-16(24)20-13-11(18)5-6-12-14(13)22-30-21-12/h5-6,10H,7-9H2,1-4H3,(H,19,20)(H,23,27)(H,25,26). The molecule has 164 valence electrons. The Morgan fingerprint density at radius 3 is 2.83 bits per heavy atom. The number of hydrogen-bond acceptors (Lipinski definition) is 8. The first-order chi connectivity index (χ1) is 14.1. The monoisotopic (exact) mass is 474 g/mol. The Bertz CT molecular complexity index is 1030. The molecule has 1 aliphatic heterocycles. The molecule has 10 nitrogen and oxygen atoms in total. The number of ether oxygens (including phenoxy) is 1. The molecule has 0 aliphatic carbocycles. The fourth-order valence-corrected chi connectivity index (χ4v) is 6.37. The van der Waals surface area contributed by atoms with Crippen LogP contribution in [0.1, 0.15) is 20.8 Å². The summed E-state index contributed by atoms with van der Waals surface area (Å²) >= 11 is 7.42. The van der Waals surface area contributed by atoms with Crippen LogP contribution in [0.4, 0.5) is 5.69 Å². The summed E-state index contributed by atoms with van der Waals surface area (Å²) in [5.74, 6) is -1.12. The first-order valence-corrected chi connectivity index (χ1v) is 12.2. The first-order valence-electron chi connectivity index (χ1n) is 9.23. The highest BCUT2D eigenvalue weighted by atomic mass is 35.5. The highest BCUT2D eigenvalue weighted by Gasteiger charge is 2.46. The number of carboxylic acids is 1. The number of hydrogen-bond donors (Lipinski definition) is 3. The molecule has 2 atom stereocenters. The number of rotatable bonds is 8. The van der Waals surface area contributed by atoms with E-state index in [0.29, 0.717) is 40.8 Å². The largest absolute Gasteiger partial charge is 0.480 e. The highest BCUT2D eigenvalue weighted by molar-refractivity contribution is 7.60. The van der Waals surface area contributed by atoms with E-state index in [-0.39, 0.29) is 12.3 Å². The van der Waals surface area contributed by atoms with E-state index in [1.807, 2.05) is 0 Å². The van der Waals surface area contributed by atoms with Crippen LogP contribution >= 0.6 is 30.8 Å². The van der Waals surface area contributed by atoms with Gasteiger partial charge in [-0.25, -0.2) is 5.09 Å². The smallest absolute Gasteiger partial charge is 0.324 e. The number of carboxylic acid groups (broad SMARTS) is 1. The van der Waals surface area contributed by atoms with Crippen LogP contribution in [-0.4, -0.2) is 62.5 Å². The van der Waals surface area contributed by atoms with E-state index < -0.39 is 19.0 Å². The van der Waals surface area contributed by atoms with Gasteiger partial charge in [-0.1, -0.05) is 25.4 Å². The molecule has 3 rings (SSSR count). The predicted molar refractivity (Wildman–Crippen MR) is 119 cm³/mol. The van der Waals surface area contributed by atoms with Crippen molar-refractivity contribution in [3.8, 4) is 0 Å². The summed E-state index contributed by atoms with van der Waals surface area (Å²) in [6.07, 6.45) is -0.195. The van der Waals surface area contributed by atoms with Crippen molar-refractivity contribution in [2.45, 2.75) is 26.3 Å². The van der Waals surface area contributed by atoms with Crippen molar-refractivity contribution < 1.29 is 19.2 Å². The number of halogens is 1. The van der Waals surface area contributed by atoms with Crippen LogP contribution in [0.5, 0.6) is 0 Å². The Hall–Kier alpha value is -1.78. The zero-order valence-electron chi connectivity index (χ0n) is 17.0. The molecule has 1 aliphatic rings. The van der Waals surface area contributed by atoms with Crippen LogP contribution in [0, 0.1) is 5.92 Å². The van der Waals surface area contributed by atoms with E-state index in [9.17, 15) is 14.5 Å². The van der Waals surface area contributed by atoms with Crippen molar-refractivity contribution in [2.75, 3.05) is 31.9 Å². The summed E-state index contributed by atoms with van der Waals surface area (Å²) < 4.78 is 29.2. The zero-order chi connectivity index (χ0) is 22.1. The fraction of sp³-hybridized carbons (Fsp3) is 0.529. The van der Waals surface area contributed by atoms with Crippen LogP contribution in [0.2, 0.25) is 5.02 Å². The molecule has 0 bridgehead atoms. The Labute approximate surface area is 183 Å². The van der Waals surface area contributed by atoms with Gasteiger partial charge in [-0.15, -0.1) is 0 Å². The molecule has 0 saturated heterocycles. The third-order valence-electron chi connectivity index (χ3n) is 5.13. The molecule has 0 fully saturated rings. The number of carbonyl (C=O) groups is 1. The number of aliphatic imine (C=N–C) groups is 1. The van der Waals surface area contributed by atoms with Gasteiger partial charge in [0.25, 0.3) is 7.44 Å². The third kappa shape index (κ3) is 4.17. The molecule has 0 saturated carbocycles. The number of methoxy groups -OCH3 is 1. The maximum atomic E-state index is 14.0. The number of anilines is 1. The summed E-state index contributed by atoms with van der Waals surface area (Å²) in [4.78, 5) is 16.4. The molecule has 13 heteroatoms. The Kier molecular flexibility index (Phi) is 6.69. The maximum Gasteiger partial charge on any atom is 0.324 e. The lowest BCUT2D eigenvalue weighted by Crippen LogP contribution is -2.54. The molecule has 0 amide bonds. The molecular formula is C17H24ClN6O4PS. The lowest BCUT2D eigenvalue weighted by molar-refractivity contribution is -0.145. The maximum absolute atomic E-state index is 14.0. The minimum atomic E-state index is -3.54. The van der Waals surface area contributed by atoms with Crippen molar-refractivity contribution in [1.29, 1.82) is 0 Å². The fourth-order valence-electron chi connectivity index (χ4n) is 3.04. The van der Waals surface area contributed by atoms with Gasteiger partial charge in [-0.2, -0.15) is 8.75 Å². The number of benzene rings is 1. The van der Waals surface area contributed by atoms with Gasteiger partial charge in [0.05, 0.1) is 29.0 Å². The quantitative estimate of drug-likeness (QED) is 0.493. The van der Waals surface area contributed by atoms with Crippen LogP contribution < -0.4 is 10.4 Å². The van der Waals surface area contributed by atoms with Crippen molar-refractivity contribution in [2.24, 2.45) is 10.9 Å². The summed E-state index contributed by atoms with van der Waals surface area (Å²) in [5.41, 5.74) is 0.322. The minimum Gasteiger partial charge on any atom is -0.480 e. The molecule has 3 N–H and O–H groups in total. The van der Waals surface area contributed by atoms with E-state index in [0.717, 1.165) is 11.7 Å². The molecule has 2 heterocycles. The van der Waals surface area contributed by atoms with Crippen molar-refractivity contribution in [3.63, 3.8) is 0 Å². The molecular weight excluding hydrogens is 451 g/mol. The Morgan fingerprint density at radius 1 is 1.47 bits per heavy atom. The number of nitrogens with zero attached hydrogens (tertiary/aromatic N) is 4. The van der Waals surface area contributed by atoms with E-state index in [1.165, 1.54) is 18.7 Å². The van der Waals surface area contributed by atoms with Crippen LogP contribution in [0.15, 0.2) is 17.1 Å². The zero-order valence-corrected chi connectivity index (χ0v) is 19.5. The number of aliphatic carboxylic acids is 1. The molecule has 1 aromatic heterocycles. The molecule has 0 radical (unpaired) electrons. The number of guanidine groups is 1. The second-order valence-electron chi connectivity index (χ2n) is 7.40. The average Bonchev–Trinajstić information content (AvgIpc) is 3.33. The van der Waals surface area contributed by atoms with E-state index in [4.69, 9.17) is 16.3 Å². The lowest BCUT2D eigenvalue weighted by atomic mass is 9.90. The first kappa shape index (κ1) is 22.9. The molecule has 2 unspecified atom stereocenters. The Morgan fingerprint density at radius 2 is 2.20 bits per heavy atom. The van der Waals surface area contributed by atoms with Gasteiger partial charge < -0.3 is 15.2 Å². The second kappa shape index (κ2) is 8.76. The number of fused-ring (bicyclic) bond motifs is 1. The van der Waals surface area contributed by atoms with Gasteiger partial charge in [0, 0.05) is 13.7 Å². The molecule has 1 aromatic carbocycles. The normalized spacial score (nSPS) is 18.3. The van der Waals surface area contributed by atoms with Crippen LogP contribution in [0.3, 0.4) is 0 Å². The SMILES string of the molecule is COCP(=O)(NC(C)(C(=O)O)C(C)C)N1CCN=C1Nc1c(Cl)ccc2nsnc12. The predicted octanol–water partition coefficient (Wildman–Crippen LogP) is 3.31. The van der Waals surface area contributed by atoms with Crippen molar-refractivity contribution >= 4 is 59.4 Å². The Balaban J connectivity index is 1.96. The summed E-state index contributed by atoms with van der Waals surface area (Å²) in [7, 11) is -2.12. The van der Waals surface area contributed by atoms with E-state index in [1.54, 1.807) is 26.0 Å².